The minimum Gasteiger partial charge on any atom is -0.465 e. The van der Waals surface area contributed by atoms with Gasteiger partial charge in [0.2, 0.25) is 0 Å². The highest BCUT2D eigenvalue weighted by atomic mass is 35.5. The Hall–Kier alpha value is -2.38. The quantitative estimate of drug-likeness (QED) is 0.721. The number of aromatic nitrogens is 2. The number of anilines is 1. The normalized spacial score (nSPS) is 10.8. The predicted octanol–water partition coefficient (Wildman–Crippen LogP) is 3.64. The van der Waals surface area contributed by atoms with E-state index in [1.165, 1.54) is 24.5 Å². The van der Waals surface area contributed by atoms with Gasteiger partial charge in [-0.2, -0.15) is 5.10 Å². The van der Waals surface area contributed by atoms with Crippen molar-refractivity contribution in [3.63, 3.8) is 0 Å². The lowest BCUT2D eigenvalue weighted by Crippen LogP contribution is -2.11. The Bertz CT molecular complexity index is 927. The summed E-state index contributed by atoms with van der Waals surface area (Å²) in [5.74, 6) is -0.812. The van der Waals surface area contributed by atoms with Gasteiger partial charge in [-0.25, -0.2) is 4.79 Å². The number of methoxy groups -OCH3 is 1. The van der Waals surface area contributed by atoms with Gasteiger partial charge in [-0.05, 0) is 31.2 Å². The van der Waals surface area contributed by atoms with E-state index in [0.717, 1.165) is 15.9 Å². The second kappa shape index (κ2) is 6.26. The van der Waals surface area contributed by atoms with Crippen LogP contribution in [0.25, 0.3) is 10.2 Å². The van der Waals surface area contributed by atoms with Crippen molar-refractivity contribution >= 4 is 50.7 Å². The zero-order valence-corrected chi connectivity index (χ0v) is 14.8. The largest absolute Gasteiger partial charge is 0.465 e. The van der Waals surface area contributed by atoms with Crippen LogP contribution in [0.5, 0.6) is 0 Å². The number of nitrogens with one attached hydrogen (secondary N) is 1. The van der Waals surface area contributed by atoms with E-state index in [2.05, 4.69) is 15.2 Å². The summed E-state index contributed by atoms with van der Waals surface area (Å²) in [5, 5.41) is 8.31. The van der Waals surface area contributed by atoms with Crippen molar-refractivity contribution in [1.82, 2.24) is 9.78 Å². The molecule has 24 heavy (non-hydrogen) atoms. The molecule has 0 bridgehead atoms. The van der Waals surface area contributed by atoms with E-state index in [1.54, 1.807) is 16.8 Å². The molecule has 0 radical (unpaired) electrons. The van der Waals surface area contributed by atoms with Gasteiger partial charge in [-0.1, -0.05) is 11.6 Å². The van der Waals surface area contributed by atoms with E-state index in [9.17, 15) is 9.59 Å². The summed E-state index contributed by atoms with van der Waals surface area (Å²) in [7, 11) is 3.12. The Morgan fingerprint density at radius 1 is 1.33 bits per heavy atom. The minimum absolute atomic E-state index is 0.202. The SMILES string of the molecule is COC(=O)c1cc(NC(=O)c2cc3c(C)nn(C)c3s2)ccc1Cl. The van der Waals surface area contributed by atoms with Gasteiger partial charge in [-0.15, -0.1) is 11.3 Å². The third-order valence-electron chi connectivity index (χ3n) is 3.55. The zero-order chi connectivity index (χ0) is 17.4. The van der Waals surface area contributed by atoms with Crippen LogP contribution in [0.15, 0.2) is 24.3 Å². The number of aryl methyl sites for hydroxylation is 2. The van der Waals surface area contributed by atoms with E-state index in [-0.39, 0.29) is 16.5 Å². The number of carbonyl (C=O) groups excluding carboxylic acids is 2. The van der Waals surface area contributed by atoms with E-state index >= 15 is 0 Å². The molecule has 0 aliphatic carbocycles. The van der Waals surface area contributed by atoms with Gasteiger partial charge < -0.3 is 10.1 Å². The molecule has 0 aliphatic heterocycles. The van der Waals surface area contributed by atoms with Gasteiger partial charge in [-0.3, -0.25) is 9.48 Å². The molecular formula is C16H14ClN3O3S. The van der Waals surface area contributed by atoms with Crippen molar-refractivity contribution in [2.75, 3.05) is 12.4 Å². The summed E-state index contributed by atoms with van der Waals surface area (Å²) in [6.45, 7) is 1.90. The van der Waals surface area contributed by atoms with Crippen molar-refractivity contribution < 1.29 is 14.3 Å². The average Bonchev–Trinajstić information content (AvgIpc) is 3.11. The van der Waals surface area contributed by atoms with Crippen molar-refractivity contribution in [1.29, 1.82) is 0 Å². The number of amides is 1. The molecule has 0 atom stereocenters. The van der Waals surface area contributed by atoms with Gasteiger partial charge in [0.05, 0.1) is 28.3 Å². The summed E-state index contributed by atoms with van der Waals surface area (Å²) in [6, 6.07) is 6.48. The van der Waals surface area contributed by atoms with Crippen molar-refractivity contribution in [3.05, 3.63) is 45.4 Å². The lowest BCUT2D eigenvalue weighted by Gasteiger charge is -2.07. The summed E-state index contributed by atoms with van der Waals surface area (Å²) in [5.41, 5.74) is 1.55. The monoisotopic (exact) mass is 363 g/mol. The molecule has 124 valence electrons. The van der Waals surface area contributed by atoms with Crippen LogP contribution in [0, 0.1) is 6.92 Å². The molecule has 6 nitrogen and oxygen atoms in total. The number of fused-ring (bicyclic) bond motifs is 1. The lowest BCUT2D eigenvalue weighted by atomic mass is 10.2. The smallest absolute Gasteiger partial charge is 0.339 e. The maximum Gasteiger partial charge on any atom is 0.339 e. The number of thiophene rings is 1. The molecule has 3 aromatic rings. The van der Waals surface area contributed by atoms with E-state index in [4.69, 9.17) is 11.6 Å². The second-order valence-corrected chi connectivity index (χ2v) is 6.62. The standard InChI is InChI=1S/C16H14ClN3O3S/c1-8-10-7-13(24-15(10)20(2)19-8)14(21)18-9-4-5-12(17)11(6-9)16(22)23-3/h4-7H,1-3H3,(H,18,21). The fraction of sp³-hybridized carbons (Fsp3) is 0.188. The van der Waals surface area contributed by atoms with Crippen molar-refractivity contribution in [2.45, 2.75) is 6.92 Å². The molecule has 1 amide bonds. The number of esters is 1. The third-order valence-corrected chi connectivity index (χ3v) is 5.08. The van der Waals surface area contributed by atoms with Gasteiger partial charge in [0.25, 0.3) is 5.91 Å². The maximum atomic E-state index is 12.5. The first-order valence-electron chi connectivity index (χ1n) is 7.03. The van der Waals surface area contributed by atoms with E-state index < -0.39 is 5.97 Å². The Labute approximate surface area is 147 Å². The Kier molecular flexibility index (Phi) is 4.29. The number of carbonyl (C=O) groups is 2. The molecule has 3 rings (SSSR count). The summed E-state index contributed by atoms with van der Waals surface area (Å²) >= 11 is 7.34. The lowest BCUT2D eigenvalue weighted by molar-refractivity contribution is 0.0600. The van der Waals surface area contributed by atoms with Crippen LogP contribution in [-0.2, 0) is 11.8 Å². The molecular weight excluding hydrogens is 350 g/mol. The molecule has 1 N–H and O–H groups in total. The van der Waals surface area contributed by atoms with Gasteiger partial charge >= 0.3 is 5.97 Å². The van der Waals surface area contributed by atoms with E-state index in [1.807, 2.05) is 20.0 Å². The summed E-state index contributed by atoms with van der Waals surface area (Å²) in [4.78, 5) is 25.6. The molecule has 0 saturated carbocycles. The Balaban J connectivity index is 1.88. The second-order valence-electron chi connectivity index (χ2n) is 5.18. The number of ether oxygens (including phenoxy) is 1. The molecule has 1 aromatic carbocycles. The molecule has 0 unspecified atom stereocenters. The number of nitrogens with zero attached hydrogens (tertiary/aromatic N) is 2. The molecule has 2 heterocycles. The first kappa shape index (κ1) is 16.5. The topological polar surface area (TPSA) is 73.2 Å². The van der Waals surface area contributed by atoms with Crippen LogP contribution in [0.1, 0.15) is 25.7 Å². The fourth-order valence-electron chi connectivity index (χ4n) is 2.38. The highest BCUT2D eigenvalue weighted by molar-refractivity contribution is 7.20. The van der Waals surface area contributed by atoms with Gasteiger partial charge in [0.15, 0.2) is 0 Å². The molecule has 0 fully saturated rings. The number of rotatable bonds is 3. The maximum absolute atomic E-state index is 12.5. The molecule has 8 heteroatoms. The highest BCUT2D eigenvalue weighted by Gasteiger charge is 2.17. The predicted molar refractivity (Wildman–Crippen MR) is 94.1 cm³/mol. The van der Waals surface area contributed by atoms with Crippen LogP contribution < -0.4 is 5.32 Å². The molecule has 0 saturated heterocycles. The number of benzene rings is 1. The Morgan fingerprint density at radius 2 is 2.08 bits per heavy atom. The molecule has 2 aromatic heterocycles. The fourth-order valence-corrected chi connectivity index (χ4v) is 3.59. The van der Waals surface area contributed by atoms with Crippen LogP contribution in [0.4, 0.5) is 5.69 Å². The molecule has 0 spiro atoms. The zero-order valence-electron chi connectivity index (χ0n) is 13.2. The first-order chi connectivity index (χ1) is 11.4. The van der Waals surface area contributed by atoms with Crippen LogP contribution in [0.3, 0.4) is 0 Å². The Morgan fingerprint density at radius 3 is 2.75 bits per heavy atom. The van der Waals surface area contributed by atoms with Crippen LogP contribution in [-0.4, -0.2) is 28.8 Å². The van der Waals surface area contributed by atoms with Crippen LogP contribution in [0.2, 0.25) is 5.02 Å². The van der Waals surface area contributed by atoms with Crippen LogP contribution >= 0.6 is 22.9 Å². The van der Waals surface area contributed by atoms with Gasteiger partial charge in [0, 0.05) is 18.1 Å². The third kappa shape index (κ3) is 2.88. The molecule has 0 aliphatic rings. The summed E-state index contributed by atoms with van der Waals surface area (Å²) < 4.78 is 6.43. The minimum atomic E-state index is -0.556. The van der Waals surface area contributed by atoms with Gasteiger partial charge in [0.1, 0.15) is 4.83 Å². The summed E-state index contributed by atoms with van der Waals surface area (Å²) in [6.07, 6.45) is 0. The number of hydrogen-bond donors (Lipinski definition) is 1. The number of halogens is 1. The average molecular weight is 364 g/mol. The van der Waals surface area contributed by atoms with E-state index in [0.29, 0.717) is 10.6 Å². The highest BCUT2D eigenvalue weighted by Crippen LogP contribution is 2.28. The number of hydrogen-bond acceptors (Lipinski definition) is 5. The first-order valence-corrected chi connectivity index (χ1v) is 8.22. The van der Waals surface area contributed by atoms with Crippen molar-refractivity contribution in [3.8, 4) is 0 Å². The van der Waals surface area contributed by atoms with Crippen molar-refractivity contribution in [2.24, 2.45) is 7.05 Å².